The lowest BCUT2D eigenvalue weighted by molar-refractivity contribution is 0.129. The third-order valence-electron chi connectivity index (χ3n) is 4.18. The standard InChI is InChI=1S/C19H26N2O/c1-15-9-10-17(21-11-15)12-20-13-18(19(2,3)14-22)16-7-5-4-6-8-16/h4-11,18,20,22H,12-14H2,1-3H3. The van der Waals surface area contributed by atoms with Crippen LogP contribution in [0, 0.1) is 12.3 Å². The molecule has 0 aliphatic rings. The van der Waals surface area contributed by atoms with Gasteiger partial charge in [0.1, 0.15) is 0 Å². The molecule has 1 aromatic carbocycles. The average molecular weight is 298 g/mol. The van der Waals surface area contributed by atoms with Crippen molar-refractivity contribution in [1.29, 1.82) is 0 Å². The molecule has 1 unspecified atom stereocenters. The topological polar surface area (TPSA) is 45.1 Å². The minimum Gasteiger partial charge on any atom is -0.396 e. The van der Waals surface area contributed by atoms with E-state index in [1.54, 1.807) is 0 Å². The van der Waals surface area contributed by atoms with E-state index in [1.165, 1.54) is 11.1 Å². The third-order valence-corrected chi connectivity index (χ3v) is 4.18. The first-order valence-corrected chi connectivity index (χ1v) is 7.81. The van der Waals surface area contributed by atoms with Crippen molar-refractivity contribution in [2.75, 3.05) is 13.2 Å². The van der Waals surface area contributed by atoms with Crippen LogP contribution in [0.1, 0.15) is 36.6 Å². The van der Waals surface area contributed by atoms with Gasteiger partial charge in [0.2, 0.25) is 0 Å². The second kappa shape index (κ2) is 7.52. The fourth-order valence-corrected chi connectivity index (χ4v) is 2.59. The summed E-state index contributed by atoms with van der Waals surface area (Å²) in [7, 11) is 0. The SMILES string of the molecule is Cc1ccc(CNCC(c2ccccc2)C(C)(C)CO)nc1. The first-order chi connectivity index (χ1) is 10.5. The maximum absolute atomic E-state index is 9.73. The van der Waals surface area contributed by atoms with Crippen molar-refractivity contribution in [2.24, 2.45) is 5.41 Å². The van der Waals surface area contributed by atoms with E-state index in [0.717, 1.165) is 18.8 Å². The number of aliphatic hydroxyl groups is 1. The number of benzene rings is 1. The summed E-state index contributed by atoms with van der Waals surface area (Å²) in [6, 6.07) is 14.5. The summed E-state index contributed by atoms with van der Waals surface area (Å²) >= 11 is 0. The normalized spacial score (nSPS) is 13.1. The fraction of sp³-hybridized carbons (Fsp3) is 0.421. The van der Waals surface area contributed by atoms with Gasteiger partial charge in [-0.2, -0.15) is 0 Å². The zero-order valence-electron chi connectivity index (χ0n) is 13.7. The Bertz CT molecular complexity index is 564. The molecule has 1 atom stereocenters. The molecule has 0 radical (unpaired) electrons. The van der Waals surface area contributed by atoms with Crippen molar-refractivity contribution in [3.05, 3.63) is 65.5 Å². The fourth-order valence-electron chi connectivity index (χ4n) is 2.59. The zero-order chi connectivity index (χ0) is 16.0. The van der Waals surface area contributed by atoms with Crippen molar-refractivity contribution >= 4 is 0 Å². The van der Waals surface area contributed by atoms with Gasteiger partial charge in [-0.1, -0.05) is 50.2 Å². The van der Waals surface area contributed by atoms with Crippen LogP contribution in [0.5, 0.6) is 0 Å². The number of aromatic nitrogens is 1. The maximum atomic E-state index is 9.73. The van der Waals surface area contributed by atoms with Crippen LogP contribution in [0.3, 0.4) is 0 Å². The van der Waals surface area contributed by atoms with Crippen molar-refractivity contribution in [3.63, 3.8) is 0 Å². The molecule has 0 aliphatic heterocycles. The highest BCUT2D eigenvalue weighted by Crippen LogP contribution is 2.34. The van der Waals surface area contributed by atoms with Crippen LogP contribution in [-0.4, -0.2) is 23.2 Å². The molecule has 2 rings (SSSR count). The molecule has 0 saturated carbocycles. The van der Waals surface area contributed by atoms with Crippen LogP contribution >= 0.6 is 0 Å². The monoisotopic (exact) mass is 298 g/mol. The number of aliphatic hydroxyl groups excluding tert-OH is 1. The summed E-state index contributed by atoms with van der Waals surface area (Å²) in [6.45, 7) is 7.97. The molecule has 3 heteroatoms. The van der Waals surface area contributed by atoms with Crippen LogP contribution in [-0.2, 0) is 6.54 Å². The molecule has 22 heavy (non-hydrogen) atoms. The Morgan fingerprint density at radius 2 is 1.86 bits per heavy atom. The van der Waals surface area contributed by atoms with Gasteiger partial charge in [-0.3, -0.25) is 4.98 Å². The van der Waals surface area contributed by atoms with E-state index in [1.807, 2.05) is 19.2 Å². The second-order valence-electron chi connectivity index (χ2n) is 6.57. The Morgan fingerprint density at radius 3 is 2.45 bits per heavy atom. The Balaban J connectivity index is 2.03. The number of aryl methyl sites for hydroxylation is 1. The lowest BCUT2D eigenvalue weighted by Gasteiger charge is -2.33. The Morgan fingerprint density at radius 1 is 1.14 bits per heavy atom. The molecule has 118 valence electrons. The number of pyridine rings is 1. The molecule has 0 spiro atoms. The highest BCUT2D eigenvalue weighted by molar-refractivity contribution is 5.22. The van der Waals surface area contributed by atoms with Gasteiger partial charge in [0, 0.05) is 31.8 Å². The quantitative estimate of drug-likeness (QED) is 0.824. The summed E-state index contributed by atoms with van der Waals surface area (Å²) < 4.78 is 0. The lowest BCUT2D eigenvalue weighted by Crippen LogP contribution is -2.34. The van der Waals surface area contributed by atoms with Gasteiger partial charge < -0.3 is 10.4 Å². The van der Waals surface area contributed by atoms with E-state index in [0.29, 0.717) is 0 Å². The summed E-state index contributed by atoms with van der Waals surface area (Å²) in [6.07, 6.45) is 1.89. The molecular weight excluding hydrogens is 272 g/mol. The molecule has 1 aromatic heterocycles. The van der Waals surface area contributed by atoms with E-state index in [9.17, 15) is 5.11 Å². The molecule has 1 heterocycles. The Labute approximate surface area is 133 Å². The molecule has 0 saturated heterocycles. The predicted molar refractivity (Wildman–Crippen MR) is 90.7 cm³/mol. The number of nitrogens with zero attached hydrogens (tertiary/aromatic N) is 1. The van der Waals surface area contributed by atoms with Gasteiger partial charge in [-0.25, -0.2) is 0 Å². The van der Waals surface area contributed by atoms with Crippen molar-refractivity contribution in [1.82, 2.24) is 10.3 Å². The van der Waals surface area contributed by atoms with E-state index < -0.39 is 0 Å². The van der Waals surface area contributed by atoms with E-state index in [-0.39, 0.29) is 17.9 Å². The van der Waals surface area contributed by atoms with Gasteiger partial charge in [0.15, 0.2) is 0 Å². The Hall–Kier alpha value is -1.71. The van der Waals surface area contributed by atoms with Gasteiger partial charge in [-0.15, -0.1) is 0 Å². The minimum absolute atomic E-state index is 0.164. The molecule has 0 amide bonds. The smallest absolute Gasteiger partial charge is 0.0541 e. The molecule has 0 fully saturated rings. The second-order valence-corrected chi connectivity index (χ2v) is 6.57. The first kappa shape index (κ1) is 16.7. The lowest BCUT2D eigenvalue weighted by atomic mass is 9.75. The van der Waals surface area contributed by atoms with E-state index >= 15 is 0 Å². The average Bonchev–Trinajstić information content (AvgIpc) is 2.54. The molecule has 2 aromatic rings. The number of rotatable bonds is 7. The largest absolute Gasteiger partial charge is 0.396 e. The predicted octanol–water partition coefficient (Wildman–Crippen LogP) is 3.28. The van der Waals surface area contributed by atoms with E-state index in [2.05, 4.69) is 60.5 Å². The maximum Gasteiger partial charge on any atom is 0.0541 e. The van der Waals surface area contributed by atoms with Gasteiger partial charge in [-0.05, 0) is 29.5 Å². The molecular formula is C19H26N2O. The number of hydrogen-bond acceptors (Lipinski definition) is 3. The molecule has 0 bridgehead atoms. The summed E-state index contributed by atoms with van der Waals surface area (Å²) in [5, 5.41) is 13.2. The Kier molecular flexibility index (Phi) is 5.69. The van der Waals surface area contributed by atoms with Crippen molar-refractivity contribution in [2.45, 2.75) is 33.2 Å². The van der Waals surface area contributed by atoms with Crippen molar-refractivity contribution < 1.29 is 5.11 Å². The highest BCUT2D eigenvalue weighted by atomic mass is 16.3. The van der Waals surface area contributed by atoms with Gasteiger partial charge in [0.05, 0.1) is 5.69 Å². The number of hydrogen-bond donors (Lipinski definition) is 2. The molecule has 3 nitrogen and oxygen atoms in total. The summed E-state index contributed by atoms with van der Waals surface area (Å²) in [5.74, 6) is 0.254. The third kappa shape index (κ3) is 4.39. The van der Waals surface area contributed by atoms with Crippen LogP contribution < -0.4 is 5.32 Å². The van der Waals surface area contributed by atoms with Crippen LogP contribution in [0.25, 0.3) is 0 Å². The summed E-state index contributed by atoms with van der Waals surface area (Å²) in [4.78, 5) is 4.42. The van der Waals surface area contributed by atoms with Gasteiger partial charge in [0.25, 0.3) is 0 Å². The summed E-state index contributed by atoms with van der Waals surface area (Å²) in [5.41, 5.74) is 3.30. The van der Waals surface area contributed by atoms with Crippen molar-refractivity contribution in [3.8, 4) is 0 Å². The molecule has 0 aliphatic carbocycles. The van der Waals surface area contributed by atoms with E-state index in [4.69, 9.17) is 0 Å². The first-order valence-electron chi connectivity index (χ1n) is 7.81. The van der Waals surface area contributed by atoms with Crippen LogP contribution in [0.4, 0.5) is 0 Å². The number of nitrogens with one attached hydrogen (secondary N) is 1. The zero-order valence-corrected chi connectivity index (χ0v) is 13.7. The highest BCUT2D eigenvalue weighted by Gasteiger charge is 2.29. The van der Waals surface area contributed by atoms with Crippen LogP contribution in [0.2, 0.25) is 0 Å². The minimum atomic E-state index is -0.172. The molecule has 2 N–H and O–H groups in total. The van der Waals surface area contributed by atoms with Crippen LogP contribution in [0.15, 0.2) is 48.7 Å². The van der Waals surface area contributed by atoms with Gasteiger partial charge >= 0.3 is 0 Å².